The zero-order valence-electron chi connectivity index (χ0n) is 35.4. The van der Waals surface area contributed by atoms with Crippen molar-refractivity contribution in [3.8, 4) is 67.0 Å². The first-order valence-corrected chi connectivity index (χ1v) is 20.6. The van der Waals surface area contributed by atoms with Crippen LogP contribution in [0.3, 0.4) is 0 Å². The van der Waals surface area contributed by atoms with E-state index in [0.29, 0.717) is 0 Å². The summed E-state index contributed by atoms with van der Waals surface area (Å²) in [7, 11) is 0. The summed E-state index contributed by atoms with van der Waals surface area (Å²) in [6.45, 7) is 10.7. The Morgan fingerprint density at radius 2 is 1.15 bits per heavy atom. The molecule has 0 aliphatic carbocycles. The number of rotatable bonds is 6. The van der Waals surface area contributed by atoms with Gasteiger partial charge in [-0.25, -0.2) is 0 Å². The quantitative estimate of drug-likeness (QED) is 0.123. The smallest absolute Gasteiger partial charge is 0.0714 e. The number of aryl methyl sites for hydroxylation is 4. The van der Waals surface area contributed by atoms with Gasteiger partial charge in [-0.3, -0.25) is 9.97 Å². The summed E-state index contributed by atoms with van der Waals surface area (Å²) in [5.41, 5.74) is 20.2. The van der Waals surface area contributed by atoms with Crippen molar-refractivity contribution in [3.63, 3.8) is 0 Å². The van der Waals surface area contributed by atoms with E-state index >= 15 is 0 Å². The average Bonchev–Trinajstić information content (AvgIpc) is 3.31. The standard InChI is InChI=1S/C40H32N3.C17H12N.Ir/c1-24-14-16-42-39(17-24)29-13-12-25(2)35(19-29)37-21-30(20-36(28(37)5)34-18-27(4)43-23-26(34)3)38-22-40-33(11-8-15-41-40)31-9-6-7-10-32(31)38;1-2-8-14(9-3-1)15-10-4-5-11-16(15)17-12-6-7-13-18-17;/h6-12,14-23H,1-5H3;1-10,12-13H;/q2*-1;. The van der Waals surface area contributed by atoms with Gasteiger partial charge in [-0.2, -0.15) is 0 Å². The van der Waals surface area contributed by atoms with Crippen LogP contribution in [0.1, 0.15) is 27.9 Å². The Bertz CT molecular complexity index is 3140. The molecule has 0 saturated carbocycles. The molecule has 5 heteroatoms. The fourth-order valence-corrected chi connectivity index (χ4v) is 8.22. The van der Waals surface area contributed by atoms with Crippen LogP contribution in [0.25, 0.3) is 88.7 Å². The van der Waals surface area contributed by atoms with Gasteiger partial charge in [0.1, 0.15) is 0 Å². The van der Waals surface area contributed by atoms with E-state index in [-0.39, 0.29) is 20.1 Å². The molecule has 0 bridgehead atoms. The van der Waals surface area contributed by atoms with Crippen molar-refractivity contribution in [2.75, 3.05) is 0 Å². The third-order valence-corrected chi connectivity index (χ3v) is 11.4. The van der Waals surface area contributed by atoms with E-state index < -0.39 is 0 Å². The SMILES string of the molecule is Cc1ccnc(-c2[c-]cc(C)c(-c3cc(-c4cc5ncccc5c5ccccc45)cc(-c4cc(C)ncc4C)c3C)c2)c1.[Ir].[c-]1cccc(-c2ccccc2)c1-c1ccccn1. The number of hydrogen-bond donors (Lipinski definition) is 0. The molecule has 0 saturated heterocycles. The van der Waals surface area contributed by atoms with Gasteiger partial charge in [-0.15, -0.1) is 59.2 Å². The zero-order valence-corrected chi connectivity index (χ0v) is 37.8. The molecule has 0 amide bonds. The van der Waals surface area contributed by atoms with E-state index in [0.717, 1.165) is 50.4 Å². The monoisotopic (exact) mass is 977 g/mol. The largest absolute Gasteiger partial charge is 0.305 e. The molecular weight excluding hydrogens is 933 g/mol. The van der Waals surface area contributed by atoms with Crippen molar-refractivity contribution < 1.29 is 20.1 Å². The molecule has 4 aromatic heterocycles. The Kier molecular flexibility index (Phi) is 12.4. The molecule has 0 unspecified atom stereocenters. The van der Waals surface area contributed by atoms with Crippen molar-refractivity contribution in [1.82, 2.24) is 19.9 Å². The van der Waals surface area contributed by atoms with Crippen LogP contribution in [0, 0.1) is 46.8 Å². The molecule has 303 valence electrons. The third kappa shape index (κ3) is 8.51. The maximum absolute atomic E-state index is 4.77. The maximum Gasteiger partial charge on any atom is 0.0714 e. The first-order chi connectivity index (χ1) is 29.8. The Labute approximate surface area is 377 Å². The van der Waals surface area contributed by atoms with Crippen LogP contribution in [0.15, 0.2) is 176 Å². The summed E-state index contributed by atoms with van der Waals surface area (Å²) < 4.78 is 0. The summed E-state index contributed by atoms with van der Waals surface area (Å²) >= 11 is 0. The second-order valence-corrected chi connectivity index (χ2v) is 15.6. The fraction of sp³-hybridized carbons (Fsp3) is 0.0877. The van der Waals surface area contributed by atoms with Crippen LogP contribution in [0.5, 0.6) is 0 Å². The van der Waals surface area contributed by atoms with Gasteiger partial charge in [0.2, 0.25) is 0 Å². The average molecular weight is 977 g/mol. The van der Waals surface area contributed by atoms with Gasteiger partial charge in [0.15, 0.2) is 0 Å². The van der Waals surface area contributed by atoms with Crippen molar-refractivity contribution in [2.24, 2.45) is 0 Å². The molecular formula is C57H44IrN4-2. The minimum Gasteiger partial charge on any atom is -0.305 e. The molecule has 10 aromatic rings. The molecule has 6 aromatic carbocycles. The Morgan fingerprint density at radius 3 is 1.92 bits per heavy atom. The number of pyridine rings is 4. The Morgan fingerprint density at radius 1 is 0.435 bits per heavy atom. The topological polar surface area (TPSA) is 51.6 Å². The maximum atomic E-state index is 4.77. The van der Waals surface area contributed by atoms with Crippen molar-refractivity contribution in [3.05, 3.63) is 217 Å². The van der Waals surface area contributed by atoms with E-state index in [4.69, 9.17) is 4.98 Å². The molecule has 62 heavy (non-hydrogen) atoms. The van der Waals surface area contributed by atoms with Gasteiger partial charge >= 0.3 is 0 Å². The molecule has 4 heterocycles. The van der Waals surface area contributed by atoms with Crippen LogP contribution in [-0.2, 0) is 20.1 Å². The number of nitrogens with zero attached hydrogens (tertiary/aromatic N) is 4. The number of fused-ring (bicyclic) bond motifs is 3. The van der Waals surface area contributed by atoms with Crippen LogP contribution < -0.4 is 0 Å². The van der Waals surface area contributed by atoms with Gasteiger partial charge in [-0.05, 0) is 131 Å². The summed E-state index contributed by atoms with van der Waals surface area (Å²) in [4.78, 5) is 18.4. The minimum atomic E-state index is 0. The molecule has 4 nitrogen and oxygen atoms in total. The molecule has 0 aliphatic heterocycles. The second kappa shape index (κ2) is 18.4. The first-order valence-electron chi connectivity index (χ1n) is 20.6. The first kappa shape index (κ1) is 41.8. The summed E-state index contributed by atoms with van der Waals surface area (Å²) in [6, 6.07) is 59.6. The number of hydrogen-bond acceptors (Lipinski definition) is 4. The zero-order chi connectivity index (χ0) is 41.9. The summed E-state index contributed by atoms with van der Waals surface area (Å²) in [5.74, 6) is 0. The van der Waals surface area contributed by atoms with Crippen molar-refractivity contribution in [2.45, 2.75) is 34.6 Å². The number of benzene rings is 6. The molecule has 0 N–H and O–H groups in total. The van der Waals surface area contributed by atoms with Crippen molar-refractivity contribution >= 4 is 21.7 Å². The summed E-state index contributed by atoms with van der Waals surface area (Å²) in [5, 5.41) is 3.59. The molecule has 0 fully saturated rings. The van der Waals surface area contributed by atoms with E-state index in [9.17, 15) is 0 Å². The molecule has 1 radical (unpaired) electrons. The van der Waals surface area contributed by atoms with E-state index in [2.05, 4.69) is 153 Å². The van der Waals surface area contributed by atoms with E-state index in [1.165, 1.54) is 66.2 Å². The van der Waals surface area contributed by atoms with E-state index in [1.807, 2.05) is 85.5 Å². The predicted octanol–water partition coefficient (Wildman–Crippen LogP) is 14.4. The normalized spacial score (nSPS) is 10.9. The molecule has 0 spiro atoms. The van der Waals surface area contributed by atoms with Gasteiger partial charge in [0.25, 0.3) is 0 Å². The van der Waals surface area contributed by atoms with Gasteiger partial charge in [0, 0.05) is 56.0 Å². The van der Waals surface area contributed by atoms with E-state index in [1.54, 1.807) is 0 Å². The van der Waals surface area contributed by atoms with Crippen molar-refractivity contribution in [1.29, 1.82) is 0 Å². The van der Waals surface area contributed by atoms with Crippen LogP contribution in [0.4, 0.5) is 0 Å². The molecule has 0 atom stereocenters. The second-order valence-electron chi connectivity index (χ2n) is 15.6. The fourth-order valence-electron chi connectivity index (χ4n) is 8.22. The third-order valence-electron chi connectivity index (χ3n) is 11.4. The van der Waals surface area contributed by atoms with Crippen LogP contribution >= 0.6 is 0 Å². The Balaban J connectivity index is 0.000000233. The predicted molar refractivity (Wildman–Crippen MR) is 253 cm³/mol. The minimum absolute atomic E-state index is 0. The molecule has 0 aliphatic rings. The summed E-state index contributed by atoms with van der Waals surface area (Å²) in [6.07, 6.45) is 7.54. The van der Waals surface area contributed by atoms with Gasteiger partial charge in [-0.1, -0.05) is 108 Å². The molecule has 10 rings (SSSR count). The van der Waals surface area contributed by atoms with Gasteiger partial charge < -0.3 is 9.97 Å². The Hall–Kier alpha value is -6.91. The number of aromatic nitrogens is 4. The van der Waals surface area contributed by atoms with Gasteiger partial charge in [0.05, 0.1) is 5.52 Å². The van der Waals surface area contributed by atoms with Crippen LogP contribution in [-0.4, -0.2) is 19.9 Å². The van der Waals surface area contributed by atoms with Crippen LogP contribution in [0.2, 0.25) is 0 Å².